The Morgan fingerprint density at radius 1 is 1.62 bits per heavy atom. The maximum Gasteiger partial charge on any atom is 0.272 e. The van der Waals surface area contributed by atoms with E-state index in [1.165, 1.54) is 6.20 Å². The number of carbonyl (C=O) groups excluding carboxylic acids is 1. The molecule has 0 spiro atoms. The molecule has 0 aliphatic carbocycles. The highest BCUT2D eigenvalue weighted by molar-refractivity contribution is 6.30. The average molecular weight is 197 g/mol. The lowest BCUT2D eigenvalue weighted by Gasteiger charge is -2.23. The van der Waals surface area contributed by atoms with Gasteiger partial charge in [-0.3, -0.25) is 4.79 Å². The molecule has 1 aromatic rings. The summed E-state index contributed by atoms with van der Waals surface area (Å²) in [4.78, 5) is 17.2. The standard InChI is InChI=1S/C9H9ClN2O/c1-12-3-2-6-4-7(10)5-11-8(6)9(12)13/h4-5H,2-3H2,1H3. The molecule has 3 nitrogen and oxygen atoms in total. The lowest BCUT2D eigenvalue weighted by Crippen LogP contribution is -2.34. The molecule has 1 aliphatic heterocycles. The van der Waals surface area contributed by atoms with Crippen LogP contribution in [0.25, 0.3) is 0 Å². The van der Waals surface area contributed by atoms with Crippen LogP contribution >= 0.6 is 11.6 Å². The summed E-state index contributed by atoms with van der Waals surface area (Å²) < 4.78 is 0. The van der Waals surface area contributed by atoms with Crippen LogP contribution in [0.3, 0.4) is 0 Å². The number of amides is 1. The molecule has 13 heavy (non-hydrogen) atoms. The summed E-state index contributed by atoms with van der Waals surface area (Å²) in [5.74, 6) is -0.0158. The van der Waals surface area contributed by atoms with Crippen molar-refractivity contribution in [2.45, 2.75) is 6.42 Å². The summed E-state index contributed by atoms with van der Waals surface area (Å²) in [5.41, 5.74) is 1.49. The molecular formula is C9H9ClN2O. The third kappa shape index (κ3) is 1.40. The molecule has 68 valence electrons. The Kier molecular flexibility index (Phi) is 1.96. The van der Waals surface area contributed by atoms with Crippen molar-refractivity contribution in [1.82, 2.24) is 9.88 Å². The average Bonchev–Trinajstić information content (AvgIpc) is 2.12. The number of hydrogen-bond acceptors (Lipinski definition) is 2. The summed E-state index contributed by atoms with van der Waals surface area (Å²) in [6.45, 7) is 0.744. The maximum atomic E-state index is 11.5. The van der Waals surface area contributed by atoms with Gasteiger partial charge in [0.15, 0.2) is 0 Å². The van der Waals surface area contributed by atoms with Crippen molar-refractivity contribution in [3.05, 3.63) is 28.5 Å². The minimum absolute atomic E-state index is 0.0158. The number of halogens is 1. The Labute approximate surface area is 81.3 Å². The normalized spacial score (nSPS) is 15.8. The number of aromatic nitrogens is 1. The van der Waals surface area contributed by atoms with Crippen molar-refractivity contribution in [3.63, 3.8) is 0 Å². The molecule has 0 atom stereocenters. The molecule has 0 N–H and O–H groups in total. The van der Waals surface area contributed by atoms with Crippen molar-refractivity contribution < 1.29 is 4.79 Å². The number of nitrogens with zero attached hydrogens (tertiary/aromatic N) is 2. The van der Waals surface area contributed by atoms with Crippen molar-refractivity contribution >= 4 is 17.5 Å². The zero-order chi connectivity index (χ0) is 9.42. The zero-order valence-electron chi connectivity index (χ0n) is 7.25. The van der Waals surface area contributed by atoms with Gasteiger partial charge in [0.05, 0.1) is 5.02 Å². The van der Waals surface area contributed by atoms with Gasteiger partial charge in [-0.25, -0.2) is 4.98 Å². The molecule has 4 heteroatoms. The van der Waals surface area contributed by atoms with Gasteiger partial charge in [0, 0.05) is 19.8 Å². The van der Waals surface area contributed by atoms with Gasteiger partial charge in [0.1, 0.15) is 5.69 Å². The van der Waals surface area contributed by atoms with E-state index in [-0.39, 0.29) is 5.91 Å². The second kappa shape index (κ2) is 3.00. The second-order valence-corrected chi connectivity index (χ2v) is 3.57. The number of likely N-dealkylation sites (N-methyl/N-ethyl adjacent to an activating group) is 1. The van der Waals surface area contributed by atoms with Gasteiger partial charge in [-0.2, -0.15) is 0 Å². The van der Waals surface area contributed by atoms with Crippen LogP contribution in [0, 0.1) is 0 Å². The number of carbonyl (C=O) groups is 1. The minimum Gasteiger partial charge on any atom is -0.340 e. The summed E-state index contributed by atoms with van der Waals surface area (Å²) in [6, 6.07) is 1.81. The smallest absolute Gasteiger partial charge is 0.272 e. The Morgan fingerprint density at radius 2 is 2.38 bits per heavy atom. The van der Waals surface area contributed by atoms with E-state index in [1.54, 1.807) is 11.9 Å². The van der Waals surface area contributed by atoms with Gasteiger partial charge in [-0.05, 0) is 18.1 Å². The van der Waals surface area contributed by atoms with Crippen LogP contribution in [0.4, 0.5) is 0 Å². The predicted molar refractivity (Wildman–Crippen MR) is 49.9 cm³/mol. The molecule has 1 amide bonds. The maximum absolute atomic E-state index is 11.5. The van der Waals surface area contributed by atoms with Gasteiger partial charge in [-0.1, -0.05) is 11.6 Å². The Hall–Kier alpha value is -1.09. The molecule has 0 fully saturated rings. The van der Waals surface area contributed by atoms with E-state index in [4.69, 9.17) is 11.6 Å². The van der Waals surface area contributed by atoms with Crippen LogP contribution in [0.1, 0.15) is 16.1 Å². The number of hydrogen-bond donors (Lipinski definition) is 0. The molecule has 0 unspecified atom stereocenters. The minimum atomic E-state index is -0.0158. The van der Waals surface area contributed by atoms with Gasteiger partial charge in [0.2, 0.25) is 0 Å². The summed E-state index contributed by atoms with van der Waals surface area (Å²) in [5, 5.41) is 0.594. The molecule has 0 aromatic carbocycles. The first-order valence-electron chi connectivity index (χ1n) is 4.08. The summed E-state index contributed by atoms with van der Waals surface area (Å²) in [6.07, 6.45) is 2.35. The number of rotatable bonds is 0. The van der Waals surface area contributed by atoms with E-state index in [2.05, 4.69) is 4.98 Å². The van der Waals surface area contributed by atoms with E-state index in [1.807, 2.05) is 6.07 Å². The Balaban J connectivity index is 2.50. The van der Waals surface area contributed by atoms with E-state index in [0.29, 0.717) is 10.7 Å². The van der Waals surface area contributed by atoms with E-state index in [0.717, 1.165) is 18.5 Å². The number of fused-ring (bicyclic) bond motifs is 1. The highest BCUT2D eigenvalue weighted by Gasteiger charge is 2.22. The van der Waals surface area contributed by atoms with Crippen LogP contribution < -0.4 is 0 Å². The molecule has 0 bridgehead atoms. The first kappa shape index (κ1) is 8.51. The van der Waals surface area contributed by atoms with E-state index in [9.17, 15) is 4.79 Å². The summed E-state index contributed by atoms with van der Waals surface area (Å²) in [7, 11) is 1.78. The fourth-order valence-electron chi connectivity index (χ4n) is 1.43. The zero-order valence-corrected chi connectivity index (χ0v) is 8.01. The third-order valence-electron chi connectivity index (χ3n) is 2.20. The molecule has 0 saturated heterocycles. The monoisotopic (exact) mass is 196 g/mol. The topological polar surface area (TPSA) is 33.2 Å². The van der Waals surface area contributed by atoms with Crippen molar-refractivity contribution in [2.24, 2.45) is 0 Å². The first-order valence-corrected chi connectivity index (χ1v) is 4.46. The highest BCUT2D eigenvalue weighted by Crippen LogP contribution is 2.18. The fourth-order valence-corrected chi connectivity index (χ4v) is 1.62. The quantitative estimate of drug-likeness (QED) is 0.628. The molecule has 1 aromatic heterocycles. The summed E-state index contributed by atoms with van der Waals surface area (Å²) >= 11 is 5.77. The van der Waals surface area contributed by atoms with Crippen LogP contribution in [0.15, 0.2) is 12.3 Å². The second-order valence-electron chi connectivity index (χ2n) is 3.14. The van der Waals surface area contributed by atoms with Gasteiger partial charge < -0.3 is 4.90 Å². The van der Waals surface area contributed by atoms with Gasteiger partial charge in [0.25, 0.3) is 5.91 Å². The Morgan fingerprint density at radius 3 is 3.15 bits per heavy atom. The van der Waals surface area contributed by atoms with Crippen LogP contribution in [0.5, 0.6) is 0 Å². The predicted octanol–water partition coefficient (Wildman–Crippen LogP) is 1.36. The molecule has 1 aliphatic rings. The van der Waals surface area contributed by atoms with Crippen molar-refractivity contribution in [1.29, 1.82) is 0 Å². The third-order valence-corrected chi connectivity index (χ3v) is 2.41. The molecule has 0 saturated carbocycles. The van der Waals surface area contributed by atoms with E-state index >= 15 is 0 Å². The number of pyridine rings is 1. The van der Waals surface area contributed by atoms with Gasteiger partial charge >= 0.3 is 0 Å². The SMILES string of the molecule is CN1CCc2cc(Cl)cnc2C1=O. The van der Waals surface area contributed by atoms with Crippen molar-refractivity contribution in [2.75, 3.05) is 13.6 Å². The Bertz CT molecular complexity index is 365. The van der Waals surface area contributed by atoms with Crippen LogP contribution in [-0.2, 0) is 6.42 Å². The molecule has 0 radical (unpaired) electrons. The van der Waals surface area contributed by atoms with Crippen LogP contribution in [0.2, 0.25) is 5.02 Å². The van der Waals surface area contributed by atoms with Crippen molar-refractivity contribution in [3.8, 4) is 0 Å². The lowest BCUT2D eigenvalue weighted by molar-refractivity contribution is 0.0774. The fraction of sp³-hybridized carbons (Fsp3) is 0.333. The molecular weight excluding hydrogens is 188 g/mol. The van der Waals surface area contributed by atoms with Crippen LogP contribution in [-0.4, -0.2) is 29.4 Å². The molecule has 2 rings (SSSR count). The molecule has 2 heterocycles. The van der Waals surface area contributed by atoms with E-state index < -0.39 is 0 Å². The highest BCUT2D eigenvalue weighted by atomic mass is 35.5. The first-order chi connectivity index (χ1) is 6.18. The lowest BCUT2D eigenvalue weighted by atomic mass is 10.1. The van der Waals surface area contributed by atoms with Gasteiger partial charge in [-0.15, -0.1) is 0 Å². The largest absolute Gasteiger partial charge is 0.340 e.